The highest BCUT2D eigenvalue weighted by atomic mass is 32.1. The minimum Gasteiger partial charge on any atom is -0.355 e. The Morgan fingerprint density at radius 2 is 2.19 bits per heavy atom. The number of allylic oxidation sites excluding steroid dienone is 2. The minimum absolute atomic E-state index is 0.0616. The van der Waals surface area contributed by atoms with Crippen molar-refractivity contribution in [3.63, 3.8) is 0 Å². The summed E-state index contributed by atoms with van der Waals surface area (Å²) in [4.78, 5) is 12.3. The van der Waals surface area contributed by atoms with Crippen LogP contribution in [0.1, 0.15) is 33.5 Å². The number of aromatic amines is 1. The van der Waals surface area contributed by atoms with E-state index in [0.29, 0.717) is 23.7 Å². The zero-order valence-electron chi connectivity index (χ0n) is 13.4. The van der Waals surface area contributed by atoms with E-state index in [-0.39, 0.29) is 17.2 Å². The highest BCUT2D eigenvalue weighted by Crippen LogP contribution is 2.59. The number of nitrogens with one attached hydrogen (secondary N) is 2. The molecule has 0 bridgehead atoms. The Kier molecular flexibility index (Phi) is 4.37. The van der Waals surface area contributed by atoms with Crippen LogP contribution < -0.4 is 5.32 Å². The average Bonchev–Trinajstić information content (AvgIpc) is 2.76. The van der Waals surface area contributed by atoms with Crippen molar-refractivity contribution in [3.05, 3.63) is 22.2 Å². The molecule has 0 aliphatic heterocycles. The molecule has 1 amide bonds. The fourth-order valence-electron chi connectivity index (χ4n) is 2.86. The molecule has 1 fully saturated rings. The number of H-pyrrole nitrogens is 1. The molecule has 0 spiro atoms. The van der Waals surface area contributed by atoms with Crippen LogP contribution in [-0.4, -0.2) is 27.2 Å². The molecule has 21 heavy (non-hydrogen) atoms. The maximum absolute atomic E-state index is 12.3. The van der Waals surface area contributed by atoms with Gasteiger partial charge in [-0.1, -0.05) is 25.5 Å². The molecule has 1 aliphatic carbocycles. The summed E-state index contributed by atoms with van der Waals surface area (Å²) < 4.78 is 2.43. The van der Waals surface area contributed by atoms with Gasteiger partial charge in [0, 0.05) is 20.0 Å². The van der Waals surface area contributed by atoms with Crippen LogP contribution in [0.25, 0.3) is 0 Å². The van der Waals surface area contributed by atoms with E-state index in [1.165, 1.54) is 5.57 Å². The second kappa shape index (κ2) is 5.75. The van der Waals surface area contributed by atoms with Crippen molar-refractivity contribution in [3.8, 4) is 0 Å². The van der Waals surface area contributed by atoms with Gasteiger partial charge in [0.25, 0.3) is 0 Å². The van der Waals surface area contributed by atoms with Gasteiger partial charge in [0.15, 0.2) is 4.77 Å². The highest BCUT2D eigenvalue weighted by Gasteiger charge is 2.60. The van der Waals surface area contributed by atoms with E-state index in [0.717, 1.165) is 5.82 Å². The summed E-state index contributed by atoms with van der Waals surface area (Å²) in [6.45, 7) is 9.04. The molecule has 2 atom stereocenters. The average molecular weight is 308 g/mol. The number of amides is 1. The van der Waals surface area contributed by atoms with Gasteiger partial charge in [-0.05, 0) is 37.4 Å². The molecule has 1 saturated carbocycles. The van der Waals surface area contributed by atoms with E-state index >= 15 is 0 Å². The van der Waals surface area contributed by atoms with Gasteiger partial charge in [0.05, 0.1) is 5.92 Å². The molecular weight excluding hydrogens is 284 g/mol. The number of carbonyl (C=O) groups excluding carboxylic acids is 1. The van der Waals surface area contributed by atoms with Crippen LogP contribution in [0.5, 0.6) is 0 Å². The molecule has 0 aromatic carbocycles. The highest BCUT2D eigenvalue weighted by molar-refractivity contribution is 7.71. The molecular formula is C15H24N4OS. The fourth-order valence-corrected chi connectivity index (χ4v) is 3.01. The summed E-state index contributed by atoms with van der Waals surface area (Å²) in [5.41, 5.74) is 1.33. The molecule has 0 radical (unpaired) electrons. The van der Waals surface area contributed by atoms with Gasteiger partial charge in [0.1, 0.15) is 5.82 Å². The molecule has 0 unspecified atom stereocenters. The normalized spacial score (nSPS) is 22.7. The first-order valence-corrected chi connectivity index (χ1v) is 7.69. The summed E-state index contributed by atoms with van der Waals surface area (Å²) in [5.74, 6) is 1.42. The number of hydrogen-bond acceptors (Lipinski definition) is 3. The predicted octanol–water partition coefficient (Wildman–Crippen LogP) is 2.37. The molecule has 0 saturated heterocycles. The van der Waals surface area contributed by atoms with Crippen LogP contribution in [0.3, 0.4) is 0 Å². The molecule has 1 aromatic rings. The Morgan fingerprint density at radius 1 is 1.52 bits per heavy atom. The van der Waals surface area contributed by atoms with Crippen molar-refractivity contribution in [1.82, 2.24) is 20.1 Å². The summed E-state index contributed by atoms with van der Waals surface area (Å²) in [6.07, 6.45) is 2.89. The van der Waals surface area contributed by atoms with Crippen LogP contribution in [-0.2, 0) is 18.3 Å². The summed E-state index contributed by atoms with van der Waals surface area (Å²) in [7, 11) is 1.87. The smallest absolute Gasteiger partial charge is 0.224 e. The van der Waals surface area contributed by atoms with Crippen LogP contribution >= 0.6 is 12.2 Å². The molecule has 116 valence electrons. The maximum Gasteiger partial charge on any atom is 0.224 e. The largest absolute Gasteiger partial charge is 0.355 e. The van der Waals surface area contributed by atoms with Crippen molar-refractivity contribution in [2.24, 2.45) is 24.3 Å². The second-order valence-corrected chi connectivity index (χ2v) is 7.00. The summed E-state index contributed by atoms with van der Waals surface area (Å²) in [6, 6.07) is 0. The van der Waals surface area contributed by atoms with Crippen molar-refractivity contribution in [2.45, 2.75) is 34.1 Å². The van der Waals surface area contributed by atoms with Gasteiger partial charge in [0.2, 0.25) is 5.91 Å². The van der Waals surface area contributed by atoms with Crippen molar-refractivity contribution < 1.29 is 4.79 Å². The van der Waals surface area contributed by atoms with Crippen molar-refractivity contribution in [1.29, 1.82) is 0 Å². The van der Waals surface area contributed by atoms with Gasteiger partial charge in [-0.3, -0.25) is 9.89 Å². The van der Waals surface area contributed by atoms with Gasteiger partial charge >= 0.3 is 0 Å². The van der Waals surface area contributed by atoms with Gasteiger partial charge in [-0.2, -0.15) is 5.10 Å². The Balaban J connectivity index is 1.87. The lowest BCUT2D eigenvalue weighted by Crippen LogP contribution is -2.29. The van der Waals surface area contributed by atoms with E-state index in [2.05, 4.69) is 49.3 Å². The Bertz CT molecular complexity index is 622. The molecule has 1 heterocycles. The van der Waals surface area contributed by atoms with Gasteiger partial charge in [-0.15, -0.1) is 0 Å². The Labute approximate surface area is 130 Å². The van der Waals surface area contributed by atoms with Crippen LogP contribution in [0.4, 0.5) is 0 Å². The lowest BCUT2D eigenvalue weighted by atomic mass is 10.1. The second-order valence-electron chi connectivity index (χ2n) is 6.61. The third-order valence-corrected chi connectivity index (χ3v) is 4.69. The third kappa shape index (κ3) is 3.26. The topological polar surface area (TPSA) is 62.7 Å². The standard InChI is InChI=1S/C15H24N4OS/c1-9(2)8-10-12(15(10,3)4)13(20)16-7-6-11-17-18-14(21)19(11)5/h8,10,12H,6-7H2,1-5H3,(H,16,20)(H,18,21)/t10-,12+/m1/s1. The maximum atomic E-state index is 12.3. The fraction of sp³-hybridized carbons (Fsp3) is 0.667. The number of carbonyl (C=O) groups is 1. The number of nitrogens with zero attached hydrogens (tertiary/aromatic N) is 2. The van der Waals surface area contributed by atoms with Crippen LogP contribution in [0.15, 0.2) is 11.6 Å². The third-order valence-electron chi connectivity index (χ3n) is 4.33. The Hall–Kier alpha value is -1.43. The molecule has 2 N–H and O–H groups in total. The van der Waals surface area contributed by atoms with Gasteiger partial charge < -0.3 is 9.88 Å². The van der Waals surface area contributed by atoms with Crippen molar-refractivity contribution in [2.75, 3.05) is 6.54 Å². The Morgan fingerprint density at radius 3 is 2.71 bits per heavy atom. The molecule has 2 rings (SSSR count). The van der Waals surface area contributed by atoms with Crippen LogP contribution in [0, 0.1) is 22.0 Å². The minimum atomic E-state index is 0.0616. The number of rotatable bonds is 5. The lowest BCUT2D eigenvalue weighted by molar-refractivity contribution is -0.123. The van der Waals surface area contributed by atoms with E-state index in [4.69, 9.17) is 12.2 Å². The van der Waals surface area contributed by atoms with E-state index in [1.807, 2.05) is 11.6 Å². The summed E-state index contributed by atoms with van der Waals surface area (Å²) >= 11 is 5.06. The SMILES string of the molecule is CC(C)=C[C@@H]1[C@@H](C(=O)NCCc2n[nH]c(=S)n2C)C1(C)C. The number of aromatic nitrogens is 3. The zero-order chi connectivity index (χ0) is 15.8. The first-order valence-electron chi connectivity index (χ1n) is 7.28. The van der Waals surface area contributed by atoms with E-state index in [1.54, 1.807) is 0 Å². The lowest BCUT2D eigenvalue weighted by Gasteiger charge is -2.05. The monoisotopic (exact) mass is 308 g/mol. The van der Waals surface area contributed by atoms with Gasteiger partial charge in [-0.25, -0.2) is 0 Å². The molecule has 5 nitrogen and oxygen atoms in total. The van der Waals surface area contributed by atoms with Crippen LogP contribution in [0.2, 0.25) is 0 Å². The van der Waals surface area contributed by atoms with E-state index in [9.17, 15) is 4.79 Å². The first kappa shape index (κ1) is 15.9. The molecule has 6 heteroatoms. The number of hydrogen-bond donors (Lipinski definition) is 2. The van der Waals surface area contributed by atoms with Crippen molar-refractivity contribution >= 4 is 18.1 Å². The quantitative estimate of drug-likeness (QED) is 0.648. The zero-order valence-corrected chi connectivity index (χ0v) is 14.2. The molecule has 1 aromatic heterocycles. The summed E-state index contributed by atoms with van der Waals surface area (Å²) in [5, 5.41) is 9.91. The molecule has 1 aliphatic rings. The first-order chi connectivity index (χ1) is 9.75. The van der Waals surface area contributed by atoms with E-state index < -0.39 is 0 Å². The predicted molar refractivity (Wildman–Crippen MR) is 85.3 cm³/mol.